The summed E-state index contributed by atoms with van der Waals surface area (Å²) in [5.74, 6) is -0.382. The molecule has 2 aromatic heterocycles. The van der Waals surface area contributed by atoms with Gasteiger partial charge in [0.2, 0.25) is 0 Å². The molecule has 9 nitrogen and oxygen atoms in total. The minimum atomic E-state index is -0.879. The Balaban J connectivity index is 1.67. The van der Waals surface area contributed by atoms with Crippen LogP contribution >= 0.6 is 11.3 Å². The van der Waals surface area contributed by atoms with Crippen molar-refractivity contribution in [2.75, 3.05) is 24.7 Å². The van der Waals surface area contributed by atoms with Gasteiger partial charge in [-0.15, -0.1) is 17.9 Å². The number of nitrogens with zero attached hydrogens (tertiary/aromatic N) is 3. The van der Waals surface area contributed by atoms with Crippen molar-refractivity contribution in [1.82, 2.24) is 9.55 Å². The summed E-state index contributed by atoms with van der Waals surface area (Å²) in [5.41, 5.74) is 0.867. The highest BCUT2D eigenvalue weighted by Gasteiger charge is 2.28. The number of Topliss-reactive ketones (excluding diaryl/α,β-unsaturated/α-hetero) is 1. The van der Waals surface area contributed by atoms with E-state index >= 15 is 0 Å². The fourth-order valence-corrected chi connectivity index (χ4v) is 5.00. The van der Waals surface area contributed by atoms with Gasteiger partial charge in [0.05, 0.1) is 30.0 Å². The topological polar surface area (TPSA) is 108 Å². The predicted molar refractivity (Wildman–Crippen MR) is 137 cm³/mol. The molecule has 3 aromatic rings. The molecule has 0 saturated heterocycles. The first-order chi connectivity index (χ1) is 17.1. The van der Waals surface area contributed by atoms with E-state index in [9.17, 15) is 19.2 Å². The fourth-order valence-electron chi connectivity index (χ4n) is 3.97. The molecule has 4 rings (SSSR count). The van der Waals surface area contributed by atoms with Crippen LogP contribution in [-0.2, 0) is 9.53 Å². The molecule has 1 aliphatic heterocycles. The number of carbonyl (C=O) groups excluding carboxylic acids is 3. The summed E-state index contributed by atoms with van der Waals surface area (Å²) in [6, 6.07) is 3.95. The van der Waals surface area contributed by atoms with Gasteiger partial charge in [0.25, 0.3) is 11.5 Å². The zero-order chi connectivity index (χ0) is 26.1. The zero-order valence-electron chi connectivity index (χ0n) is 20.6. The molecule has 1 atom stereocenters. The van der Waals surface area contributed by atoms with Gasteiger partial charge in [0, 0.05) is 12.1 Å². The molecule has 188 valence electrons. The molecule has 0 bridgehead atoms. The van der Waals surface area contributed by atoms with Crippen molar-refractivity contribution in [2.45, 2.75) is 33.7 Å². The maximum absolute atomic E-state index is 13.4. The van der Waals surface area contributed by atoms with Crippen molar-refractivity contribution >= 4 is 44.9 Å². The van der Waals surface area contributed by atoms with E-state index in [1.54, 1.807) is 38.1 Å². The Bertz CT molecular complexity index is 1440. The molecule has 1 aliphatic rings. The minimum Gasteiger partial charge on any atom is -0.482 e. The van der Waals surface area contributed by atoms with Gasteiger partial charge in [-0.3, -0.25) is 19.0 Å². The third-order valence-electron chi connectivity index (χ3n) is 5.90. The van der Waals surface area contributed by atoms with Gasteiger partial charge in [0.1, 0.15) is 15.5 Å². The monoisotopic (exact) mass is 509 g/mol. The number of amides is 1. The van der Waals surface area contributed by atoms with E-state index in [-0.39, 0.29) is 37.4 Å². The lowest BCUT2D eigenvalue weighted by atomic mass is 10.0. The van der Waals surface area contributed by atoms with Crippen molar-refractivity contribution in [3.8, 4) is 5.75 Å². The predicted octanol–water partition coefficient (Wildman–Crippen LogP) is 3.93. The highest BCUT2D eigenvalue weighted by Crippen LogP contribution is 2.34. The molecule has 1 aromatic carbocycles. The molecule has 0 spiro atoms. The van der Waals surface area contributed by atoms with Gasteiger partial charge in [0.15, 0.2) is 12.4 Å². The maximum atomic E-state index is 13.4. The molecule has 0 N–H and O–H groups in total. The molecule has 0 aliphatic carbocycles. The Morgan fingerprint density at radius 1 is 1.28 bits per heavy atom. The highest BCUT2D eigenvalue weighted by molar-refractivity contribution is 7.20. The van der Waals surface area contributed by atoms with Gasteiger partial charge in [-0.25, -0.2) is 9.78 Å². The minimum absolute atomic E-state index is 0.0847. The van der Waals surface area contributed by atoms with Crippen LogP contribution in [0.15, 0.2) is 42.0 Å². The molecule has 1 unspecified atom stereocenters. The third kappa shape index (κ3) is 4.56. The van der Waals surface area contributed by atoms with Gasteiger partial charge >= 0.3 is 5.97 Å². The van der Waals surface area contributed by atoms with Crippen LogP contribution in [0.5, 0.6) is 5.75 Å². The van der Waals surface area contributed by atoms with E-state index in [2.05, 4.69) is 11.6 Å². The normalized spacial score (nSPS) is 13.9. The summed E-state index contributed by atoms with van der Waals surface area (Å²) >= 11 is 1.10. The van der Waals surface area contributed by atoms with Crippen LogP contribution in [0.3, 0.4) is 0 Å². The van der Waals surface area contributed by atoms with Gasteiger partial charge < -0.3 is 14.4 Å². The summed E-state index contributed by atoms with van der Waals surface area (Å²) in [4.78, 5) is 58.2. The number of aryl methyl sites for hydroxylation is 1. The molecule has 36 heavy (non-hydrogen) atoms. The Morgan fingerprint density at radius 3 is 2.72 bits per heavy atom. The average Bonchev–Trinajstić information content (AvgIpc) is 3.20. The summed E-state index contributed by atoms with van der Waals surface area (Å²) in [7, 11) is 0. The van der Waals surface area contributed by atoms with E-state index in [4.69, 9.17) is 9.47 Å². The lowest BCUT2D eigenvalue weighted by Gasteiger charge is -2.29. The molecule has 0 radical (unpaired) electrons. The number of fused-ring (bicyclic) bond motifs is 2. The van der Waals surface area contributed by atoms with Crippen molar-refractivity contribution < 1.29 is 23.9 Å². The van der Waals surface area contributed by atoms with Crippen LogP contribution in [0, 0.1) is 12.8 Å². The number of rotatable bonds is 8. The van der Waals surface area contributed by atoms with Crippen molar-refractivity contribution in [1.29, 1.82) is 0 Å². The van der Waals surface area contributed by atoms with E-state index in [1.165, 1.54) is 15.8 Å². The van der Waals surface area contributed by atoms with Crippen LogP contribution in [0.2, 0.25) is 0 Å². The first-order valence-electron chi connectivity index (χ1n) is 11.5. The molecule has 10 heteroatoms. The lowest BCUT2D eigenvalue weighted by Crippen LogP contribution is -2.39. The second-order valence-electron chi connectivity index (χ2n) is 8.99. The van der Waals surface area contributed by atoms with Crippen LogP contribution in [0.1, 0.15) is 52.4 Å². The summed E-state index contributed by atoms with van der Waals surface area (Å²) in [5, 5.41) is 0.292. The number of esters is 1. The highest BCUT2D eigenvalue weighted by atomic mass is 32.1. The van der Waals surface area contributed by atoms with Crippen molar-refractivity contribution in [3.05, 3.63) is 63.5 Å². The van der Waals surface area contributed by atoms with E-state index in [0.717, 1.165) is 11.3 Å². The number of ether oxygens (including phenoxy) is 2. The van der Waals surface area contributed by atoms with E-state index in [0.29, 0.717) is 37.7 Å². The molecule has 3 heterocycles. The summed E-state index contributed by atoms with van der Waals surface area (Å²) in [6.07, 6.45) is 2.92. The Labute approximate surface area is 212 Å². The number of benzene rings is 1. The smallest absolute Gasteiger partial charge is 0.348 e. The number of anilines is 1. The van der Waals surface area contributed by atoms with Crippen LogP contribution < -0.4 is 15.2 Å². The number of aromatic nitrogens is 2. The Morgan fingerprint density at radius 2 is 2.03 bits per heavy atom. The first-order valence-corrected chi connectivity index (χ1v) is 12.3. The number of ketones is 1. The molecule has 0 saturated carbocycles. The lowest BCUT2D eigenvalue weighted by molar-refractivity contribution is -0.121. The Kier molecular flexibility index (Phi) is 7.07. The first kappa shape index (κ1) is 25.3. The van der Waals surface area contributed by atoms with E-state index < -0.39 is 17.6 Å². The maximum Gasteiger partial charge on any atom is 0.348 e. The SMILES string of the molecule is C=CCN1C(=O)COc2ccc(C(=O)C(C)n3cnc4sc(C(=O)OCC(C)C)c(C)c4c3=O)cc21. The largest absolute Gasteiger partial charge is 0.482 e. The second kappa shape index (κ2) is 10.1. The van der Waals surface area contributed by atoms with Crippen molar-refractivity contribution in [2.24, 2.45) is 5.92 Å². The molecular weight excluding hydrogens is 482 g/mol. The zero-order valence-corrected chi connectivity index (χ0v) is 21.4. The summed E-state index contributed by atoms with van der Waals surface area (Å²) < 4.78 is 12.1. The third-order valence-corrected chi connectivity index (χ3v) is 7.08. The van der Waals surface area contributed by atoms with Crippen LogP contribution in [0.4, 0.5) is 5.69 Å². The second-order valence-corrected chi connectivity index (χ2v) is 9.99. The molecule has 0 fully saturated rings. The molecular formula is C26H27N3O6S. The Hall–Kier alpha value is -3.79. The summed E-state index contributed by atoms with van der Waals surface area (Å²) in [6.45, 7) is 11.3. The van der Waals surface area contributed by atoms with Gasteiger partial charge in [-0.2, -0.15) is 0 Å². The van der Waals surface area contributed by atoms with Crippen LogP contribution in [-0.4, -0.2) is 47.0 Å². The van der Waals surface area contributed by atoms with Crippen LogP contribution in [0.25, 0.3) is 10.2 Å². The molecule has 1 amide bonds. The van der Waals surface area contributed by atoms with E-state index in [1.807, 2.05) is 13.8 Å². The number of carbonyl (C=O) groups is 3. The number of hydrogen-bond donors (Lipinski definition) is 0. The van der Waals surface area contributed by atoms with Gasteiger partial charge in [-0.05, 0) is 43.5 Å². The standard InChI is InChI=1S/C26H27N3O6S/c1-6-9-28-18-10-17(7-8-19(18)34-12-20(28)30)22(31)16(5)29-13-27-24-21(25(29)32)15(4)23(36-24)26(33)35-11-14(2)3/h6-8,10,13-14,16H,1,9,11-12H2,2-5H3. The quantitative estimate of drug-likeness (QED) is 0.257. The van der Waals surface area contributed by atoms with Gasteiger partial charge in [-0.1, -0.05) is 19.9 Å². The number of hydrogen-bond acceptors (Lipinski definition) is 8. The fraction of sp³-hybridized carbons (Fsp3) is 0.346. The number of thiophene rings is 1. The average molecular weight is 510 g/mol. The van der Waals surface area contributed by atoms with Crippen molar-refractivity contribution in [3.63, 3.8) is 0 Å².